The van der Waals surface area contributed by atoms with Crippen LogP contribution in [0.3, 0.4) is 0 Å². The van der Waals surface area contributed by atoms with Crippen molar-refractivity contribution in [1.29, 1.82) is 0 Å². The van der Waals surface area contributed by atoms with Crippen LogP contribution in [0.4, 0.5) is 17.8 Å². The van der Waals surface area contributed by atoms with Gasteiger partial charge in [0.25, 0.3) is 0 Å². The van der Waals surface area contributed by atoms with Gasteiger partial charge < -0.3 is 0 Å². The van der Waals surface area contributed by atoms with Crippen LogP contribution in [-0.2, 0) is 13.0 Å². The Hall–Kier alpha value is -2.57. The van der Waals surface area contributed by atoms with Crippen LogP contribution < -0.4 is 4.46 Å². The van der Waals surface area contributed by atoms with Crippen molar-refractivity contribution in [3.8, 4) is 0 Å². The number of fused-ring (bicyclic) bond motifs is 3. The number of nitrogens with zero attached hydrogens (tertiary/aromatic N) is 2. The summed E-state index contributed by atoms with van der Waals surface area (Å²) in [6.45, 7) is 0. The molecule has 0 saturated carbocycles. The Morgan fingerprint density at radius 3 is 1.92 bits per heavy atom. The van der Waals surface area contributed by atoms with Crippen LogP contribution in [0.15, 0.2) is 79.1 Å². The molecule has 0 spiro atoms. The van der Waals surface area contributed by atoms with Crippen molar-refractivity contribution in [2.75, 3.05) is 0 Å². The summed E-state index contributed by atoms with van der Waals surface area (Å²) < 4.78 is 57.9. The first kappa shape index (κ1) is 18.2. The number of pyridine rings is 2. The molecule has 0 N–H and O–H groups in total. The Morgan fingerprint density at radius 2 is 1.27 bits per heavy atom. The van der Waals surface area contributed by atoms with E-state index in [9.17, 15) is 17.8 Å². The molecule has 0 aliphatic rings. The Bertz CT molecular complexity index is 1010. The van der Waals surface area contributed by atoms with Gasteiger partial charge in [-0.3, -0.25) is 9.97 Å². The molecule has 2 heterocycles. The summed E-state index contributed by atoms with van der Waals surface area (Å²) in [6.07, 6.45) is 3.62. The molecule has 0 bridgehead atoms. The van der Waals surface area contributed by atoms with Crippen LogP contribution in [-0.4, -0.2) is 9.97 Å². The topological polar surface area (TPSA) is 25.8 Å². The van der Waals surface area contributed by atoms with Crippen molar-refractivity contribution in [2.45, 2.75) is 0 Å². The van der Waals surface area contributed by atoms with E-state index in [4.69, 9.17) is 0 Å². The summed E-state index contributed by atoms with van der Waals surface area (Å²) in [5, 5.41) is 2.28. The molecule has 2 nitrogen and oxygen atoms in total. The summed E-state index contributed by atoms with van der Waals surface area (Å²) >= 11 is -9.39. The predicted molar refractivity (Wildman–Crippen MR) is 88.7 cm³/mol. The van der Waals surface area contributed by atoms with Crippen molar-refractivity contribution >= 4 is 26.3 Å². The van der Waals surface area contributed by atoms with E-state index in [-0.39, 0.29) is 0 Å². The maximum atomic E-state index is 11.9. The van der Waals surface area contributed by atoms with E-state index in [1.165, 1.54) is 6.07 Å². The van der Waals surface area contributed by atoms with Crippen LogP contribution >= 0.6 is 0 Å². The number of hydrogen-bond acceptors (Lipinski definition) is 2. The van der Waals surface area contributed by atoms with Gasteiger partial charge in [0, 0.05) is 23.2 Å². The van der Waals surface area contributed by atoms with Crippen LogP contribution in [0.2, 0.25) is 0 Å². The number of benzene rings is 2. The molecule has 8 heteroatoms. The molecule has 0 radical (unpaired) electrons. The molecule has 0 fully saturated rings. The Kier molecular flexibility index (Phi) is 4.01. The fourth-order valence-electron chi connectivity index (χ4n) is 2.29. The van der Waals surface area contributed by atoms with Crippen LogP contribution in [0.5, 0.6) is 0 Å². The molecule has 0 aliphatic heterocycles. The molecule has 4 rings (SSSR count). The number of halogens is 5. The third-order valence-corrected chi connectivity index (χ3v) is 4.73. The van der Waals surface area contributed by atoms with Crippen LogP contribution in [0.25, 0.3) is 21.8 Å². The standard InChI is InChI=1S/C12H8N2.C6H5.Cu.5FH/c1-3-9-5-6-11-10(4-2-7-13-11)12(9)14-8-1;1-2-4-6-5-3-1;;;;;;/h1-8H;1-5H;;5*1H/q;;+5;;;;;/p-5. The molecular formula is C18H13CuF5N2. The zero-order chi connectivity index (χ0) is 18.9. The SMILES string of the molecule is [F][Cu]([F])([F])([F])([F])[c]1ccccc1.c1cnc2c(c1)ccc1ncccc12. The van der Waals surface area contributed by atoms with E-state index < -0.39 is 17.5 Å². The average molecular weight is 416 g/mol. The summed E-state index contributed by atoms with van der Waals surface area (Å²) in [5.41, 5.74) is 2.02. The van der Waals surface area contributed by atoms with E-state index in [1.54, 1.807) is 6.20 Å². The first-order valence-corrected chi connectivity index (χ1v) is 9.42. The van der Waals surface area contributed by atoms with Crippen LogP contribution in [0.1, 0.15) is 0 Å². The fourth-order valence-corrected chi connectivity index (χ4v) is 3.06. The second-order valence-electron chi connectivity index (χ2n) is 5.18. The van der Waals surface area contributed by atoms with Crippen LogP contribution in [0, 0.1) is 0 Å². The summed E-state index contributed by atoms with van der Waals surface area (Å²) in [7, 11) is 0. The molecule has 2 aromatic heterocycles. The van der Waals surface area contributed by atoms with Gasteiger partial charge in [-0.15, -0.1) is 0 Å². The van der Waals surface area contributed by atoms with Crippen molar-refractivity contribution in [2.24, 2.45) is 0 Å². The zero-order valence-electron chi connectivity index (χ0n) is 13.1. The van der Waals surface area contributed by atoms with E-state index in [0.29, 0.717) is 12.1 Å². The first-order valence-electron chi connectivity index (χ1n) is 7.17. The molecule has 2 aromatic carbocycles. The number of rotatable bonds is 1. The second-order valence-corrected chi connectivity index (χ2v) is 7.96. The van der Waals surface area contributed by atoms with Gasteiger partial charge in [0.05, 0.1) is 11.0 Å². The minimum atomic E-state index is -9.39. The maximum Gasteiger partial charge on any atom is 0.0795 e. The number of hydrogen-bond donors (Lipinski definition) is 0. The molecule has 0 amide bonds. The summed E-state index contributed by atoms with van der Waals surface area (Å²) in [4.78, 5) is 8.66. The van der Waals surface area contributed by atoms with Gasteiger partial charge in [0.15, 0.2) is 0 Å². The van der Waals surface area contributed by atoms with E-state index >= 15 is 0 Å². The maximum absolute atomic E-state index is 11.9. The molecule has 0 unspecified atom stereocenters. The zero-order valence-corrected chi connectivity index (χ0v) is 14.0. The Morgan fingerprint density at radius 1 is 0.615 bits per heavy atom. The quantitative estimate of drug-likeness (QED) is 0.225. The largest absolute Gasteiger partial charge is 0.256 e. The minimum absolute atomic E-state index is 0.361. The Labute approximate surface area is 146 Å². The van der Waals surface area contributed by atoms with Gasteiger partial charge in [-0.2, -0.15) is 0 Å². The summed E-state index contributed by atoms with van der Waals surface area (Å²) in [6, 6.07) is 15.9. The first-order chi connectivity index (χ1) is 12.0. The minimum Gasteiger partial charge on any atom is -0.256 e. The third-order valence-electron chi connectivity index (χ3n) is 3.39. The van der Waals surface area contributed by atoms with Crippen molar-refractivity contribution in [1.82, 2.24) is 9.97 Å². The predicted octanol–water partition coefficient (Wildman–Crippen LogP) is 5.74. The molecule has 0 atom stereocenters. The fraction of sp³-hybridized carbons (Fsp3) is 0. The Balaban J connectivity index is 0.000000153. The molecule has 0 saturated heterocycles. The van der Waals surface area contributed by atoms with Gasteiger partial charge >= 0.3 is 65.6 Å². The smallest absolute Gasteiger partial charge is 0.0795 e. The average Bonchev–Trinajstić information content (AvgIpc) is 2.61. The molecule has 0 aliphatic carbocycles. The van der Waals surface area contributed by atoms with Crippen molar-refractivity contribution in [3.05, 3.63) is 79.1 Å². The van der Waals surface area contributed by atoms with Gasteiger partial charge in [0.1, 0.15) is 0 Å². The van der Waals surface area contributed by atoms with Crippen molar-refractivity contribution in [3.63, 3.8) is 0 Å². The molecule has 141 valence electrons. The van der Waals surface area contributed by atoms with Gasteiger partial charge in [-0.1, -0.05) is 12.1 Å². The van der Waals surface area contributed by atoms with E-state index in [1.807, 2.05) is 24.4 Å². The van der Waals surface area contributed by atoms with E-state index in [0.717, 1.165) is 33.9 Å². The second kappa shape index (κ2) is 5.72. The van der Waals surface area contributed by atoms with Gasteiger partial charge in [-0.25, -0.2) is 0 Å². The number of aromatic nitrogens is 2. The normalized spacial score (nSPS) is 14.2. The molecule has 4 aromatic rings. The molecular weight excluding hydrogens is 403 g/mol. The van der Waals surface area contributed by atoms with Gasteiger partial charge in [0.2, 0.25) is 0 Å². The van der Waals surface area contributed by atoms with E-state index in [2.05, 4.69) is 28.2 Å². The summed E-state index contributed by atoms with van der Waals surface area (Å²) in [5.74, 6) is 0. The van der Waals surface area contributed by atoms with Crippen molar-refractivity contribution < 1.29 is 30.8 Å². The monoisotopic (exact) mass is 415 g/mol. The molecule has 26 heavy (non-hydrogen) atoms. The third kappa shape index (κ3) is 4.15. The van der Waals surface area contributed by atoms with Gasteiger partial charge in [-0.05, 0) is 24.3 Å².